The maximum absolute atomic E-state index is 15.3. The highest BCUT2D eigenvalue weighted by molar-refractivity contribution is 5.90. The van der Waals surface area contributed by atoms with Crippen LogP contribution in [0.1, 0.15) is 41.8 Å². The minimum Gasteiger partial charge on any atom is -0.481 e. The summed E-state index contributed by atoms with van der Waals surface area (Å²) in [6, 6.07) is 27.9. The molecule has 0 unspecified atom stereocenters. The van der Waals surface area contributed by atoms with Crippen LogP contribution in [0, 0.1) is 32.0 Å². The molecular formula is C35H34FNO2. The van der Waals surface area contributed by atoms with Gasteiger partial charge in [-0.3, -0.25) is 4.79 Å². The van der Waals surface area contributed by atoms with Crippen LogP contribution in [0.3, 0.4) is 0 Å². The van der Waals surface area contributed by atoms with Gasteiger partial charge in [-0.1, -0.05) is 72.3 Å². The lowest BCUT2D eigenvalue weighted by Crippen LogP contribution is -2.27. The van der Waals surface area contributed by atoms with Gasteiger partial charge in [0.1, 0.15) is 5.82 Å². The summed E-state index contributed by atoms with van der Waals surface area (Å²) in [5.74, 6) is -1.07. The van der Waals surface area contributed by atoms with Crippen LogP contribution in [0.4, 0.5) is 4.39 Å². The molecule has 0 radical (unpaired) electrons. The molecule has 3 nitrogen and oxygen atoms in total. The number of halogens is 1. The number of nitrogens with zero attached hydrogens (tertiary/aromatic N) is 1. The van der Waals surface area contributed by atoms with Crippen molar-refractivity contribution in [3.8, 4) is 22.3 Å². The summed E-state index contributed by atoms with van der Waals surface area (Å²) < 4.78 is 17.6. The third-order valence-corrected chi connectivity index (χ3v) is 7.84. The molecule has 39 heavy (non-hydrogen) atoms. The van der Waals surface area contributed by atoms with Gasteiger partial charge >= 0.3 is 5.97 Å². The van der Waals surface area contributed by atoms with Gasteiger partial charge in [-0.05, 0) is 86.2 Å². The first-order chi connectivity index (χ1) is 18.5. The van der Waals surface area contributed by atoms with E-state index in [1.54, 1.807) is 19.9 Å². The van der Waals surface area contributed by atoms with E-state index < -0.39 is 11.4 Å². The molecule has 4 aromatic carbocycles. The number of aromatic nitrogens is 1. The number of fused-ring (bicyclic) bond motifs is 1. The molecular weight excluding hydrogens is 485 g/mol. The van der Waals surface area contributed by atoms with Crippen LogP contribution in [0.5, 0.6) is 0 Å². The molecule has 0 aliphatic rings. The van der Waals surface area contributed by atoms with Crippen molar-refractivity contribution >= 4 is 16.9 Å². The van der Waals surface area contributed by atoms with Crippen LogP contribution in [0.15, 0.2) is 84.9 Å². The van der Waals surface area contributed by atoms with Gasteiger partial charge in [-0.25, -0.2) is 4.39 Å². The third kappa shape index (κ3) is 5.12. The molecule has 0 saturated heterocycles. The van der Waals surface area contributed by atoms with Crippen molar-refractivity contribution in [2.24, 2.45) is 5.41 Å². The number of benzene rings is 4. The summed E-state index contributed by atoms with van der Waals surface area (Å²) in [6.07, 6.45) is 0.407. The average molecular weight is 520 g/mol. The van der Waals surface area contributed by atoms with E-state index in [0.717, 1.165) is 50.0 Å². The van der Waals surface area contributed by atoms with Crippen molar-refractivity contribution in [2.75, 3.05) is 0 Å². The molecule has 0 spiro atoms. The van der Waals surface area contributed by atoms with Crippen LogP contribution >= 0.6 is 0 Å². The normalized spacial score (nSPS) is 11.7. The minimum atomic E-state index is -0.915. The Labute approximate surface area is 229 Å². The summed E-state index contributed by atoms with van der Waals surface area (Å²) in [5.41, 5.74) is 8.82. The van der Waals surface area contributed by atoms with Gasteiger partial charge in [0.05, 0.1) is 5.41 Å². The predicted octanol–water partition coefficient (Wildman–Crippen LogP) is 8.74. The standard InChI is InChI=1S/C35H34FNO2/c1-22-10-12-25(13-11-22)21-37-32-17-15-26(18-30(32)24(3)33(37)20-35(4,5)34(38)39)27-14-16-29(31(36)19-27)28-9-7-6-8-23(28)2/h6-19H,20-21H2,1-5H3,(H,38,39). The Balaban J connectivity index is 1.61. The van der Waals surface area contributed by atoms with E-state index >= 15 is 4.39 Å². The molecule has 198 valence electrons. The average Bonchev–Trinajstić information content (AvgIpc) is 3.15. The van der Waals surface area contributed by atoms with E-state index in [1.165, 1.54) is 5.56 Å². The largest absolute Gasteiger partial charge is 0.481 e. The Morgan fingerprint density at radius 1 is 0.846 bits per heavy atom. The number of hydrogen-bond acceptors (Lipinski definition) is 1. The van der Waals surface area contributed by atoms with Crippen molar-refractivity contribution in [1.82, 2.24) is 4.57 Å². The van der Waals surface area contributed by atoms with E-state index in [-0.39, 0.29) is 5.82 Å². The first-order valence-corrected chi connectivity index (χ1v) is 13.3. The number of hydrogen-bond donors (Lipinski definition) is 1. The van der Waals surface area contributed by atoms with Crippen LogP contribution in [0.25, 0.3) is 33.2 Å². The molecule has 0 aliphatic carbocycles. The number of aliphatic carboxylic acids is 1. The summed E-state index contributed by atoms with van der Waals surface area (Å²) in [5, 5.41) is 10.9. The fraction of sp³-hybridized carbons (Fsp3) is 0.229. The predicted molar refractivity (Wildman–Crippen MR) is 158 cm³/mol. The van der Waals surface area contributed by atoms with Crippen LogP contribution in [-0.4, -0.2) is 15.6 Å². The first kappa shape index (κ1) is 26.4. The van der Waals surface area contributed by atoms with E-state index in [9.17, 15) is 9.90 Å². The Kier molecular flexibility index (Phi) is 6.90. The maximum atomic E-state index is 15.3. The highest BCUT2D eigenvalue weighted by Crippen LogP contribution is 2.36. The first-order valence-electron chi connectivity index (χ1n) is 13.3. The fourth-order valence-electron chi connectivity index (χ4n) is 5.32. The summed E-state index contributed by atoms with van der Waals surface area (Å²) in [6.45, 7) is 10.3. The van der Waals surface area contributed by atoms with Crippen molar-refractivity contribution < 1.29 is 14.3 Å². The van der Waals surface area contributed by atoms with Gasteiger partial charge < -0.3 is 9.67 Å². The monoisotopic (exact) mass is 519 g/mol. The van der Waals surface area contributed by atoms with Crippen molar-refractivity contribution in [3.05, 3.63) is 119 Å². The lowest BCUT2D eigenvalue weighted by molar-refractivity contribution is -0.146. The zero-order valence-corrected chi connectivity index (χ0v) is 23.2. The third-order valence-electron chi connectivity index (χ3n) is 7.84. The minimum absolute atomic E-state index is 0.251. The number of carbonyl (C=O) groups is 1. The number of carboxylic acids is 1. The molecule has 0 bridgehead atoms. The Morgan fingerprint density at radius 2 is 1.51 bits per heavy atom. The highest BCUT2D eigenvalue weighted by Gasteiger charge is 2.30. The smallest absolute Gasteiger partial charge is 0.309 e. The number of aryl methyl sites for hydroxylation is 3. The molecule has 1 aromatic heterocycles. The Hall–Kier alpha value is -4.18. The van der Waals surface area contributed by atoms with Crippen molar-refractivity contribution in [1.29, 1.82) is 0 Å². The van der Waals surface area contributed by atoms with Gasteiger partial charge in [0.2, 0.25) is 0 Å². The summed E-state index contributed by atoms with van der Waals surface area (Å²) in [7, 11) is 0. The fourth-order valence-corrected chi connectivity index (χ4v) is 5.32. The van der Waals surface area contributed by atoms with Crippen LogP contribution in [-0.2, 0) is 17.8 Å². The molecule has 0 fully saturated rings. The molecule has 4 heteroatoms. The van der Waals surface area contributed by atoms with Crippen molar-refractivity contribution in [3.63, 3.8) is 0 Å². The van der Waals surface area contributed by atoms with E-state index in [1.807, 2.05) is 49.4 Å². The zero-order chi connectivity index (χ0) is 27.9. The highest BCUT2D eigenvalue weighted by atomic mass is 19.1. The van der Waals surface area contributed by atoms with Gasteiger partial charge in [-0.2, -0.15) is 0 Å². The Morgan fingerprint density at radius 3 is 2.18 bits per heavy atom. The molecule has 1 heterocycles. The SMILES string of the molecule is Cc1ccc(Cn2c(CC(C)(C)C(=O)O)c(C)c3cc(-c4ccc(-c5ccccc5C)c(F)c4)ccc32)cc1. The van der Waals surface area contributed by atoms with E-state index in [2.05, 4.69) is 54.8 Å². The van der Waals surface area contributed by atoms with Gasteiger partial charge in [0.25, 0.3) is 0 Å². The number of carboxylic acid groups (broad SMARTS) is 1. The van der Waals surface area contributed by atoms with E-state index in [0.29, 0.717) is 18.5 Å². The van der Waals surface area contributed by atoms with E-state index in [4.69, 9.17) is 0 Å². The second-order valence-corrected chi connectivity index (χ2v) is 11.3. The topological polar surface area (TPSA) is 42.2 Å². The van der Waals surface area contributed by atoms with Crippen molar-refractivity contribution in [2.45, 2.75) is 47.6 Å². The lowest BCUT2D eigenvalue weighted by atomic mass is 9.87. The zero-order valence-electron chi connectivity index (χ0n) is 23.2. The van der Waals surface area contributed by atoms with Crippen LogP contribution in [0.2, 0.25) is 0 Å². The maximum Gasteiger partial charge on any atom is 0.309 e. The summed E-state index contributed by atoms with van der Waals surface area (Å²) in [4.78, 5) is 12.0. The number of rotatable bonds is 7. The second kappa shape index (κ2) is 10.2. The molecule has 0 atom stereocenters. The van der Waals surface area contributed by atoms with Crippen LogP contribution < -0.4 is 0 Å². The summed E-state index contributed by atoms with van der Waals surface area (Å²) >= 11 is 0. The lowest BCUT2D eigenvalue weighted by Gasteiger charge is -2.21. The Bertz CT molecular complexity index is 1690. The molecule has 0 amide bonds. The molecule has 0 saturated carbocycles. The second-order valence-electron chi connectivity index (χ2n) is 11.3. The van der Waals surface area contributed by atoms with Gasteiger partial charge in [0.15, 0.2) is 0 Å². The molecule has 5 rings (SSSR count). The molecule has 1 N–H and O–H groups in total. The van der Waals surface area contributed by atoms with Gasteiger partial charge in [-0.15, -0.1) is 0 Å². The van der Waals surface area contributed by atoms with Gasteiger partial charge in [0, 0.05) is 35.1 Å². The molecule has 5 aromatic rings. The molecule has 0 aliphatic heterocycles. The quantitative estimate of drug-likeness (QED) is 0.234.